The summed E-state index contributed by atoms with van der Waals surface area (Å²) in [5, 5.41) is 0. The Kier molecular flexibility index (Phi) is 6.15. The van der Waals surface area contributed by atoms with Crippen LogP contribution < -0.4 is 0 Å². The molecule has 2 aliphatic heterocycles. The molecule has 3 saturated carbocycles. The monoisotopic (exact) mass is 514 g/mol. The molecule has 6 aliphatic rings. The van der Waals surface area contributed by atoms with Gasteiger partial charge in [-0.05, 0) is 80.1 Å². The lowest BCUT2D eigenvalue weighted by Gasteiger charge is -2.58. The number of carbonyl (C=O) groups excluding carboxylic acids is 2. The van der Waals surface area contributed by atoms with Crippen molar-refractivity contribution in [3.8, 4) is 0 Å². The molecule has 0 unspecified atom stereocenters. The molecule has 0 N–H and O–H groups in total. The molecule has 0 radical (unpaired) electrons. The van der Waals surface area contributed by atoms with Gasteiger partial charge >= 0.3 is 11.9 Å². The highest BCUT2D eigenvalue weighted by molar-refractivity contribution is 5.67. The second kappa shape index (κ2) is 8.81. The average molecular weight is 515 g/mol. The Morgan fingerprint density at radius 3 is 2.41 bits per heavy atom. The first kappa shape index (κ1) is 25.9. The maximum absolute atomic E-state index is 12.5. The van der Waals surface area contributed by atoms with Crippen molar-refractivity contribution < 1.29 is 28.5 Å². The van der Waals surface area contributed by atoms with Crippen LogP contribution in [0.25, 0.3) is 0 Å². The molecule has 0 aromatic heterocycles. The van der Waals surface area contributed by atoms with Crippen LogP contribution >= 0.6 is 0 Å². The second-order valence-corrected chi connectivity index (χ2v) is 13.9. The van der Waals surface area contributed by atoms with Crippen LogP contribution in [-0.4, -0.2) is 42.6 Å². The van der Waals surface area contributed by atoms with Crippen molar-refractivity contribution in [2.24, 2.45) is 46.3 Å². The highest BCUT2D eigenvalue weighted by atomic mass is 16.7. The summed E-state index contributed by atoms with van der Waals surface area (Å²) in [7, 11) is 0. The van der Waals surface area contributed by atoms with Gasteiger partial charge in [0.25, 0.3) is 0 Å². The Balaban J connectivity index is 1.34. The van der Waals surface area contributed by atoms with Crippen LogP contribution in [0.2, 0.25) is 0 Å². The number of fused-ring (bicyclic) bond motifs is 7. The van der Waals surface area contributed by atoms with Crippen LogP contribution in [0.5, 0.6) is 0 Å². The Morgan fingerprint density at radius 1 is 0.973 bits per heavy atom. The zero-order valence-electron chi connectivity index (χ0n) is 23.6. The van der Waals surface area contributed by atoms with Gasteiger partial charge < -0.3 is 18.9 Å². The third-order valence-electron chi connectivity index (χ3n) is 12.0. The zero-order valence-corrected chi connectivity index (χ0v) is 23.6. The first-order valence-electron chi connectivity index (χ1n) is 14.9. The van der Waals surface area contributed by atoms with Gasteiger partial charge in [-0.3, -0.25) is 9.59 Å². The number of rotatable bonds is 2. The number of hydrogen-bond acceptors (Lipinski definition) is 6. The van der Waals surface area contributed by atoms with Crippen molar-refractivity contribution in [3.05, 3.63) is 11.6 Å². The van der Waals surface area contributed by atoms with E-state index in [9.17, 15) is 9.59 Å². The van der Waals surface area contributed by atoms with E-state index in [0.717, 1.165) is 58.0 Å². The van der Waals surface area contributed by atoms with Gasteiger partial charge in [-0.1, -0.05) is 33.3 Å². The molecule has 4 aliphatic carbocycles. The lowest BCUT2D eigenvalue weighted by atomic mass is 9.47. The van der Waals surface area contributed by atoms with Crippen molar-refractivity contribution in [2.75, 3.05) is 6.61 Å². The fourth-order valence-corrected chi connectivity index (χ4v) is 10.1. The lowest BCUT2D eigenvalue weighted by molar-refractivity contribution is -0.272. The summed E-state index contributed by atoms with van der Waals surface area (Å²) >= 11 is 0. The number of esters is 2. The van der Waals surface area contributed by atoms with E-state index in [4.69, 9.17) is 18.9 Å². The van der Waals surface area contributed by atoms with E-state index in [1.165, 1.54) is 12.5 Å². The third kappa shape index (κ3) is 3.78. The Hall–Kier alpha value is -1.40. The highest BCUT2D eigenvalue weighted by Crippen LogP contribution is 2.70. The molecule has 5 fully saturated rings. The summed E-state index contributed by atoms with van der Waals surface area (Å²) < 4.78 is 25.3. The summed E-state index contributed by atoms with van der Waals surface area (Å²) in [5.74, 6) is 1.69. The maximum atomic E-state index is 12.5. The molecule has 206 valence electrons. The Labute approximate surface area is 222 Å². The Morgan fingerprint density at radius 2 is 1.73 bits per heavy atom. The van der Waals surface area contributed by atoms with Gasteiger partial charge in [-0.15, -0.1) is 0 Å². The van der Waals surface area contributed by atoms with Crippen LogP contribution in [-0.2, 0) is 28.5 Å². The minimum absolute atomic E-state index is 0.0281. The van der Waals surface area contributed by atoms with E-state index < -0.39 is 5.79 Å². The molecule has 6 heteroatoms. The first-order chi connectivity index (χ1) is 17.5. The van der Waals surface area contributed by atoms with Gasteiger partial charge in [0, 0.05) is 37.5 Å². The van der Waals surface area contributed by atoms with Gasteiger partial charge in [-0.2, -0.15) is 0 Å². The van der Waals surface area contributed by atoms with Gasteiger partial charge in [-0.25, -0.2) is 0 Å². The SMILES string of the molecule is CC(=O)O[C@@H]1CC[C@]2(C)C3=C[C@H](OC(C)=O)[C@@]4(C)[C@H]5[C@H](C[C@@H]4[C@H]3CC[C@H]2C1)O[C@]1(CC[C@H](C)CO1)[C@H]5C. The molecule has 2 saturated heterocycles. The van der Waals surface area contributed by atoms with E-state index in [1.807, 2.05) is 0 Å². The maximum Gasteiger partial charge on any atom is 0.303 e. The molecule has 2 heterocycles. The average Bonchev–Trinajstić information content (AvgIpc) is 3.27. The third-order valence-corrected chi connectivity index (χ3v) is 12.0. The Bertz CT molecular complexity index is 980. The molecular weight excluding hydrogens is 468 g/mol. The topological polar surface area (TPSA) is 71.1 Å². The predicted octanol–water partition coefficient (Wildman–Crippen LogP) is 5.83. The van der Waals surface area contributed by atoms with Crippen molar-refractivity contribution in [3.63, 3.8) is 0 Å². The highest BCUT2D eigenvalue weighted by Gasteiger charge is 2.71. The number of hydrogen-bond donors (Lipinski definition) is 0. The second-order valence-electron chi connectivity index (χ2n) is 13.9. The number of allylic oxidation sites excluding steroid dienone is 1. The minimum Gasteiger partial charge on any atom is -0.463 e. The summed E-state index contributed by atoms with van der Waals surface area (Å²) in [6.07, 6.45) is 10.6. The van der Waals surface area contributed by atoms with Gasteiger partial charge in [0.05, 0.1) is 12.7 Å². The fraction of sp³-hybridized carbons (Fsp3) is 0.871. The van der Waals surface area contributed by atoms with E-state index in [2.05, 4.69) is 33.8 Å². The van der Waals surface area contributed by atoms with E-state index >= 15 is 0 Å². The summed E-state index contributed by atoms with van der Waals surface area (Å²) in [4.78, 5) is 24.1. The predicted molar refractivity (Wildman–Crippen MR) is 138 cm³/mol. The van der Waals surface area contributed by atoms with Crippen LogP contribution in [0.15, 0.2) is 11.6 Å². The van der Waals surface area contributed by atoms with Gasteiger partial charge in [0.15, 0.2) is 5.79 Å². The van der Waals surface area contributed by atoms with Crippen molar-refractivity contribution in [2.45, 2.75) is 117 Å². The molecule has 12 atom stereocenters. The molecule has 0 bridgehead atoms. The number of ether oxygens (including phenoxy) is 4. The van der Waals surface area contributed by atoms with Gasteiger partial charge in [0.1, 0.15) is 12.2 Å². The van der Waals surface area contributed by atoms with E-state index in [-0.39, 0.29) is 47.0 Å². The van der Waals surface area contributed by atoms with Crippen LogP contribution in [0.3, 0.4) is 0 Å². The summed E-state index contributed by atoms with van der Waals surface area (Å²) in [5.41, 5.74) is 1.40. The molecule has 37 heavy (non-hydrogen) atoms. The molecule has 1 spiro atoms. The summed E-state index contributed by atoms with van der Waals surface area (Å²) in [6, 6.07) is 0. The van der Waals surface area contributed by atoms with E-state index in [0.29, 0.717) is 29.6 Å². The van der Waals surface area contributed by atoms with Crippen LogP contribution in [0, 0.1) is 46.3 Å². The molecular formula is C31H46O6. The molecule has 0 aromatic carbocycles. The quantitative estimate of drug-likeness (QED) is 0.341. The molecule has 0 aromatic rings. The standard InChI is InChI=1S/C31H46O6/c1-17-9-12-31(34-16-17)18(2)28-26(37-31)14-25-23-8-7-21-13-22(35-19(3)32)10-11-29(21,5)24(23)15-27(30(25,28)6)36-20(4)33/h15,17-18,21-23,25-28H,7-14,16H2,1-6H3/t17-,18-,21-,22+,23-,25+,26-,27-,28+,29-,30-,31+/m0/s1. The smallest absolute Gasteiger partial charge is 0.303 e. The van der Waals surface area contributed by atoms with Crippen molar-refractivity contribution in [1.29, 1.82) is 0 Å². The molecule has 0 amide bonds. The van der Waals surface area contributed by atoms with E-state index in [1.54, 1.807) is 6.92 Å². The van der Waals surface area contributed by atoms with Gasteiger partial charge in [0.2, 0.25) is 0 Å². The number of carbonyl (C=O) groups is 2. The largest absolute Gasteiger partial charge is 0.463 e. The minimum atomic E-state index is -0.487. The van der Waals surface area contributed by atoms with Crippen LogP contribution in [0.4, 0.5) is 0 Å². The summed E-state index contributed by atoms with van der Waals surface area (Å²) in [6.45, 7) is 13.2. The fourth-order valence-electron chi connectivity index (χ4n) is 10.1. The van der Waals surface area contributed by atoms with Crippen LogP contribution in [0.1, 0.15) is 92.9 Å². The van der Waals surface area contributed by atoms with Crippen molar-refractivity contribution >= 4 is 11.9 Å². The molecule has 6 rings (SSSR count). The first-order valence-corrected chi connectivity index (χ1v) is 14.9. The van der Waals surface area contributed by atoms with Crippen molar-refractivity contribution in [1.82, 2.24) is 0 Å². The lowest BCUT2D eigenvalue weighted by Crippen LogP contribution is -2.55. The normalized spacial score (nSPS) is 52.4. The zero-order chi connectivity index (χ0) is 26.3. The molecule has 6 nitrogen and oxygen atoms in total.